The zero-order valence-corrected chi connectivity index (χ0v) is 10.2. The summed E-state index contributed by atoms with van der Waals surface area (Å²) in [4.78, 5) is 14.4. The van der Waals surface area contributed by atoms with Crippen molar-refractivity contribution in [1.82, 2.24) is 4.90 Å². The van der Waals surface area contributed by atoms with Gasteiger partial charge in [0.25, 0.3) is 0 Å². The number of allylic oxidation sites excluding steroid dienone is 1. The monoisotopic (exact) mass is 221 g/mol. The highest BCUT2D eigenvalue weighted by Crippen LogP contribution is 2.29. The Labute approximate surface area is 98.7 Å². The van der Waals surface area contributed by atoms with Gasteiger partial charge in [-0.15, -0.1) is 0 Å². The topological polar surface area (TPSA) is 20.3 Å². The fourth-order valence-electron chi connectivity index (χ4n) is 2.82. The van der Waals surface area contributed by atoms with Crippen molar-refractivity contribution in [2.75, 3.05) is 13.1 Å². The minimum Gasteiger partial charge on any atom is -0.342 e. The number of nitrogens with zero attached hydrogens (tertiary/aromatic N) is 1. The molecule has 1 heterocycles. The van der Waals surface area contributed by atoms with Crippen LogP contribution in [0, 0.1) is 5.92 Å². The molecule has 2 fully saturated rings. The van der Waals surface area contributed by atoms with Crippen molar-refractivity contribution in [2.24, 2.45) is 5.92 Å². The molecule has 0 atom stereocenters. The van der Waals surface area contributed by atoms with Crippen molar-refractivity contribution in [2.45, 2.75) is 51.4 Å². The summed E-state index contributed by atoms with van der Waals surface area (Å²) in [5.74, 6) is 0.720. The number of amides is 1. The minimum atomic E-state index is 0.295. The van der Waals surface area contributed by atoms with Gasteiger partial charge in [-0.2, -0.15) is 0 Å². The summed E-state index contributed by atoms with van der Waals surface area (Å²) in [5, 5.41) is 0. The van der Waals surface area contributed by atoms with Crippen LogP contribution < -0.4 is 0 Å². The van der Waals surface area contributed by atoms with Crippen molar-refractivity contribution >= 4 is 5.91 Å². The third-order valence-electron chi connectivity index (χ3n) is 3.96. The van der Waals surface area contributed by atoms with E-state index in [4.69, 9.17) is 0 Å². The fourth-order valence-corrected chi connectivity index (χ4v) is 2.82. The Balaban J connectivity index is 1.87. The van der Waals surface area contributed by atoms with Gasteiger partial charge in [-0.05, 0) is 38.5 Å². The van der Waals surface area contributed by atoms with Crippen LogP contribution in [-0.4, -0.2) is 23.9 Å². The van der Waals surface area contributed by atoms with Crippen LogP contribution in [0.15, 0.2) is 12.2 Å². The van der Waals surface area contributed by atoms with Crippen molar-refractivity contribution in [3.8, 4) is 0 Å². The largest absolute Gasteiger partial charge is 0.342 e. The highest BCUT2D eigenvalue weighted by Gasteiger charge is 2.26. The molecule has 0 unspecified atom stereocenters. The van der Waals surface area contributed by atoms with Crippen LogP contribution in [0.3, 0.4) is 0 Å². The van der Waals surface area contributed by atoms with Crippen molar-refractivity contribution < 1.29 is 4.79 Å². The second-order valence-electron chi connectivity index (χ2n) is 5.26. The first kappa shape index (κ1) is 11.7. The van der Waals surface area contributed by atoms with Crippen LogP contribution in [0.25, 0.3) is 0 Å². The van der Waals surface area contributed by atoms with Gasteiger partial charge in [0.05, 0.1) is 0 Å². The Hall–Kier alpha value is -0.790. The van der Waals surface area contributed by atoms with E-state index >= 15 is 0 Å². The van der Waals surface area contributed by atoms with Crippen molar-refractivity contribution in [1.29, 1.82) is 0 Å². The van der Waals surface area contributed by atoms with E-state index in [-0.39, 0.29) is 0 Å². The van der Waals surface area contributed by atoms with E-state index in [9.17, 15) is 4.79 Å². The average Bonchev–Trinajstić information content (AvgIpc) is 2.57. The molecule has 0 spiro atoms. The van der Waals surface area contributed by atoms with E-state index in [0.29, 0.717) is 11.8 Å². The molecular weight excluding hydrogens is 198 g/mol. The maximum absolute atomic E-state index is 12.3. The lowest BCUT2D eigenvalue weighted by Crippen LogP contribution is -2.37. The molecule has 2 rings (SSSR count). The third kappa shape index (κ3) is 2.87. The Morgan fingerprint density at radius 3 is 2.19 bits per heavy atom. The lowest BCUT2D eigenvalue weighted by Gasteiger charge is -2.29. The number of hydrogen-bond acceptors (Lipinski definition) is 1. The van der Waals surface area contributed by atoms with E-state index in [1.54, 1.807) is 0 Å². The highest BCUT2D eigenvalue weighted by atomic mass is 16.2. The summed E-state index contributed by atoms with van der Waals surface area (Å²) in [7, 11) is 0. The molecule has 0 aromatic carbocycles. The normalized spacial score (nSPS) is 24.2. The Morgan fingerprint density at radius 1 is 1.06 bits per heavy atom. The number of carbonyl (C=O) groups is 1. The molecule has 1 aliphatic heterocycles. The fraction of sp³-hybridized carbons (Fsp3) is 0.786. The van der Waals surface area contributed by atoms with Gasteiger partial charge < -0.3 is 4.90 Å². The molecule has 1 saturated heterocycles. The van der Waals surface area contributed by atoms with Crippen molar-refractivity contribution in [3.63, 3.8) is 0 Å². The number of rotatable bonds is 1. The molecule has 1 saturated carbocycles. The summed E-state index contributed by atoms with van der Waals surface area (Å²) in [5.41, 5.74) is 1.33. The SMILES string of the molecule is C=C1CCC(C(=O)N2CCCCCC2)CC1. The van der Waals surface area contributed by atoms with Crippen molar-refractivity contribution in [3.05, 3.63) is 12.2 Å². The summed E-state index contributed by atoms with van der Waals surface area (Å²) in [6, 6.07) is 0. The molecule has 0 radical (unpaired) electrons. The molecule has 1 amide bonds. The van der Waals surface area contributed by atoms with Gasteiger partial charge >= 0.3 is 0 Å². The molecule has 0 bridgehead atoms. The summed E-state index contributed by atoms with van der Waals surface area (Å²) >= 11 is 0. The maximum atomic E-state index is 12.3. The second-order valence-corrected chi connectivity index (χ2v) is 5.26. The number of likely N-dealkylation sites (tertiary alicyclic amines) is 1. The van der Waals surface area contributed by atoms with Gasteiger partial charge in [-0.25, -0.2) is 0 Å². The second kappa shape index (κ2) is 5.51. The number of carbonyl (C=O) groups excluding carboxylic acids is 1. The highest BCUT2D eigenvalue weighted by molar-refractivity contribution is 5.79. The van der Waals surface area contributed by atoms with Gasteiger partial charge in [0.2, 0.25) is 5.91 Å². The lowest BCUT2D eigenvalue weighted by molar-refractivity contribution is -0.136. The lowest BCUT2D eigenvalue weighted by atomic mass is 9.85. The number of hydrogen-bond donors (Lipinski definition) is 0. The van der Waals surface area contributed by atoms with Gasteiger partial charge in [0.15, 0.2) is 0 Å². The molecular formula is C14H23NO. The first-order valence-electron chi connectivity index (χ1n) is 6.73. The molecule has 1 aliphatic carbocycles. The standard InChI is InChI=1S/C14H23NO/c1-12-6-8-13(9-7-12)14(16)15-10-4-2-3-5-11-15/h13H,1-11H2. The molecule has 0 aromatic rings. The van der Waals surface area contributed by atoms with E-state index < -0.39 is 0 Å². The molecule has 2 aliphatic rings. The maximum Gasteiger partial charge on any atom is 0.225 e. The Kier molecular flexibility index (Phi) is 4.03. The van der Waals surface area contributed by atoms with Crippen LogP contribution in [0.4, 0.5) is 0 Å². The van der Waals surface area contributed by atoms with Gasteiger partial charge in [-0.3, -0.25) is 4.79 Å². The Bertz CT molecular complexity index is 254. The van der Waals surface area contributed by atoms with Crippen LogP contribution in [-0.2, 0) is 4.79 Å². The summed E-state index contributed by atoms with van der Waals surface area (Å²) in [6.45, 7) is 6.00. The predicted molar refractivity (Wildman–Crippen MR) is 66.1 cm³/mol. The van der Waals surface area contributed by atoms with Crippen LogP contribution in [0.5, 0.6) is 0 Å². The zero-order valence-electron chi connectivity index (χ0n) is 10.2. The molecule has 90 valence electrons. The zero-order chi connectivity index (χ0) is 11.4. The molecule has 2 nitrogen and oxygen atoms in total. The van der Waals surface area contributed by atoms with Gasteiger partial charge in [-0.1, -0.05) is 25.0 Å². The Morgan fingerprint density at radius 2 is 1.62 bits per heavy atom. The van der Waals surface area contributed by atoms with Gasteiger partial charge in [0, 0.05) is 19.0 Å². The quantitative estimate of drug-likeness (QED) is 0.623. The smallest absolute Gasteiger partial charge is 0.225 e. The van der Waals surface area contributed by atoms with E-state index in [1.807, 2.05) is 0 Å². The molecule has 16 heavy (non-hydrogen) atoms. The molecule has 0 N–H and O–H groups in total. The van der Waals surface area contributed by atoms with E-state index in [2.05, 4.69) is 11.5 Å². The van der Waals surface area contributed by atoms with Crippen LogP contribution in [0.2, 0.25) is 0 Å². The molecule has 0 aromatic heterocycles. The summed E-state index contributed by atoms with van der Waals surface area (Å²) in [6.07, 6.45) is 9.18. The van der Waals surface area contributed by atoms with E-state index in [0.717, 1.165) is 38.8 Å². The minimum absolute atomic E-state index is 0.295. The van der Waals surface area contributed by atoms with Crippen LogP contribution in [0.1, 0.15) is 51.4 Å². The van der Waals surface area contributed by atoms with Crippen LogP contribution >= 0.6 is 0 Å². The third-order valence-corrected chi connectivity index (χ3v) is 3.96. The summed E-state index contributed by atoms with van der Waals surface area (Å²) < 4.78 is 0. The first-order chi connectivity index (χ1) is 7.77. The van der Waals surface area contributed by atoms with E-state index in [1.165, 1.54) is 31.3 Å². The first-order valence-corrected chi connectivity index (χ1v) is 6.73. The molecule has 2 heteroatoms. The predicted octanol–water partition coefficient (Wildman–Crippen LogP) is 3.14. The van der Waals surface area contributed by atoms with Gasteiger partial charge in [0.1, 0.15) is 0 Å². The average molecular weight is 221 g/mol.